The third-order valence-corrected chi connectivity index (χ3v) is 3.73. The van der Waals surface area contributed by atoms with Crippen molar-refractivity contribution in [2.75, 3.05) is 31.8 Å². The Morgan fingerprint density at radius 3 is 2.54 bits per heavy atom. The summed E-state index contributed by atoms with van der Waals surface area (Å²) in [5, 5.41) is 0. The maximum Gasteiger partial charge on any atom is 0.338 e. The van der Waals surface area contributed by atoms with E-state index in [0.29, 0.717) is 17.0 Å². The molecule has 0 aromatic heterocycles. The van der Waals surface area contributed by atoms with Crippen molar-refractivity contribution in [2.45, 2.75) is 20.3 Å². The van der Waals surface area contributed by atoms with Crippen LogP contribution in [0.15, 0.2) is 18.2 Å². The molecule has 1 saturated heterocycles. The highest BCUT2D eigenvalue weighted by atomic mass is 16.5. The van der Waals surface area contributed by atoms with Crippen molar-refractivity contribution < 1.29 is 28.6 Å². The number of hydrogen-bond donors (Lipinski definition) is 0. The second-order valence-corrected chi connectivity index (χ2v) is 5.26. The Balaban J connectivity index is 2.29. The maximum atomic E-state index is 12.3. The Kier molecular flexibility index (Phi) is 5.78. The van der Waals surface area contributed by atoms with Crippen LogP contribution in [0.5, 0.6) is 5.75 Å². The van der Waals surface area contributed by atoms with Gasteiger partial charge in [0.2, 0.25) is 5.91 Å². The predicted molar refractivity (Wildman–Crippen MR) is 86.0 cm³/mol. The SMILES string of the molecule is CCOC(=O)c1ccc(OC)c(N2C[C@@H](C(=O)OCC)CC2=O)c1. The summed E-state index contributed by atoms with van der Waals surface area (Å²) in [6.07, 6.45) is 0.0750. The van der Waals surface area contributed by atoms with E-state index in [1.54, 1.807) is 32.0 Å². The molecule has 24 heavy (non-hydrogen) atoms. The van der Waals surface area contributed by atoms with Crippen LogP contribution >= 0.6 is 0 Å². The molecule has 7 nitrogen and oxygen atoms in total. The van der Waals surface area contributed by atoms with E-state index in [-0.39, 0.29) is 32.1 Å². The van der Waals surface area contributed by atoms with E-state index in [2.05, 4.69) is 0 Å². The zero-order valence-electron chi connectivity index (χ0n) is 14.0. The summed E-state index contributed by atoms with van der Waals surface area (Å²) in [7, 11) is 1.48. The van der Waals surface area contributed by atoms with E-state index in [9.17, 15) is 14.4 Å². The van der Waals surface area contributed by atoms with E-state index in [4.69, 9.17) is 14.2 Å². The van der Waals surface area contributed by atoms with E-state index in [1.807, 2.05) is 0 Å². The third-order valence-electron chi connectivity index (χ3n) is 3.73. The fourth-order valence-electron chi connectivity index (χ4n) is 2.60. The van der Waals surface area contributed by atoms with Gasteiger partial charge < -0.3 is 19.1 Å². The molecule has 1 aromatic rings. The third kappa shape index (κ3) is 3.67. The summed E-state index contributed by atoms with van der Waals surface area (Å²) in [5.74, 6) is -1.16. The van der Waals surface area contributed by atoms with Gasteiger partial charge in [-0.25, -0.2) is 4.79 Å². The van der Waals surface area contributed by atoms with Crippen molar-refractivity contribution >= 4 is 23.5 Å². The van der Waals surface area contributed by atoms with Crippen LogP contribution in [0.4, 0.5) is 5.69 Å². The lowest BCUT2D eigenvalue weighted by Gasteiger charge is -2.20. The normalized spacial score (nSPS) is 16.9. The minimum absolute atomic E-state index is 0.0750. The van der Waals surface area contributed by atoms with Crippen LogP contribution in [-0.4, -0.2) is 44.7 Å². The number of anilines is 1. The number of nitrogens with zero attached hydrogens (tertiary/aromatic N) is 1. The van der Waals surface area contributed by atoms with Gasteiger partial charge in [0, 0.05) is 13.0 Å². The molecule has 2 rings (SSSR count). The average Bonchev–Trinajstić information content (AvgIpc) is 2.96. The molecule has 1 aromatic carbocycles. The highest BCUT2D eigenvalue weighted by Crippen LogP contribution is 2.34. The van der Waals surface area contributed by atoms with Crippen molar-refractivity contribution in [3.05, 3.63) is 23.8 Å². The lowest BCUT2D eigenvalue weighted by Crippen LogP contribution is -2.27. The van der Waals surface area contributed by atoms with Gasteiger partial charge in [-0.2, -0.15) is 0 Å². The van der Waals surface area contributed by atoms with Gasteiger partial charge in [-0.1, -0.05) is 0 Å². The predicted octanol–water partition coefficient (Wildman–Crippen LogP) is 1.79. The van der Waals surface area contributed by atoms with E-state index in [0.717, 1.165) is 0 Å². The van der Waals surface area contributed by atoms with Gasteiger partial charge in [-0.15, -0.1) is 0 Å². The van der Waals surface area contributed by atoms with Crippen LogP contribution in [0, 0.1) is 5.92 Å². The lowest BCUT2D eigenvalue weighted by atomic mass is 10.1. The summed E-state index contributed by atoms with van der Waals surface area (Å²) in [4.78, 5) is 37.5. The molecule has 1 amide bonds. The Morgan fingerprint density at radius 1 is 1.21 bits per heavy atom. The molecule has 1 fully saturated rings. The van der Waals surface area contributed by atoms with Crippen molar-refractivity contribution in [3.8, 4) is 5.75 Å². The standard InChI is InChI=1S/C17H21NO6/c1-4-23-16(20)11-6-7-14(22-3)13(8-11)18-10-12(9-15(18)19)17(21)24-5-2/h6-8,12H,4-5,9-10H2,1-3H3/t12-/m0/s1. The first kappa shape index (κ1) is 17.8. The Labute approximate surface area is 140 Å². The molecule has 0 saturated carbocycles. The lowest BCUT2D eigenvalue weighted by molar-refractivity contribution is -0.147. The minimum atomic E-state index is -0.520. The van der Waals surface area contributed by atoms with E-state index >= 15 is 0 Å². The smallest absolute Gasteiger partial charge is 0.338 e. The summed E-state index contributed by atoms with van der Waals surface area (Å²) in [6.45, 7) is 4.16. The Morgan fingerprint density at radius 2 is 1.92 bits per heavy atom. The first-order valence-corrected chi connectivity index (χ1v) is 7.83. The molecule has 130 valence electrons. The van der Waals surface area contributed by atoms with E-state index in [1.165, 1.54) is 12.0 Å². The Bertz CT molecular complexity index is 642. The van der Waals surface area contributed by atoms with Crippen molar-refractivity contribution in [2.24, 2.45) is 5.92 Å². The van der Waals surface area contributed by atoms with Gasteiger partial charge >= 0.3 is 11.9 Å². The molecule has 1 atom stereocenters. The van der Waals surface area contributed by atoms with Crippen molar-refractivity contribution in [1.82, 2.24) is 0 Å². The summed E-state index contributed by atoms with van der Waals surface area (Å²) in [5.41, 5.74) is 0.764. The number of amides is 1. The molecule has 0 radical (unpaired) electrons. The number of benzene rings is 1. The summed E-state index contributed by atoms with van der Waals surface area (Å²) < 4.78 is 15.2. The van der Waals surface area contributed by atoms with Crippen LogP contribution in [0.1, 0.15) is 30.6 Å². The fourth-order valence-corrected chi connectivity index (χ4v) is 2.60. The van der Waals surface area contributed by atoms with Gasteiger partial charge in [-0.3, -0.25) is 9.59 Å². The van der Waals surface area contributed by atoms with Crippen LogP contribution in [0.2, 0.25) is 0 Å². The van der Waals surface area contributed by atoms with Gasteiger partial charge in [0.25, 0.3) is 0 Å². The quantitative estimate of drug-likeness (QED) is 0.737. The Hall–Kier alpha value is -2.57. The van der Waals surface area contributed by atoms with E-state index < -0.39 is 17.9 Å². The van der Waals surface area contributed by atoms with Crippen LogP contribution in [0.25, 0.3) is 0 Å². The maximum absolute atomic E-state index is 12.3. The second kappa shape index (κ2) is 7.81. The molecule has 0 spiro atoms. The molecule has 0 unspecified atom stereocenters. The molecule has 0 aliphatic carbocycles. The number of ether oxygens (including phenoxy) is 3. The number of carbonyl (C=O) groups excluding carboxylic acids is 3. The molecule has 1 aliphatic heterocycles. The summed E-state index contributed by atoms with van der Waals surface area (Å²) in [6, 6.07) is 4.72. The number of methoxy groups -OCH3 is 1. The van der Waals surface area contributed by atoms with Gasteiger partial charge in [0.1, 0.15) is 5.75 Å². The van der Waals surface area contributed by atoms with Crippen LogP contribution in [-0.2, 0) is 19.1 Å². The largest absolute Gasteiger partial charge is 0.495 e. The monoisotopic (exact) mass is 335 g/mol. The average molecular weight is 335 g/mol. The minimum Gasteiger partial charge on any atom is -0.495 e. The highest BCUT2D eigenvalue weighted by molar-refractivity contribution is 6.02. The molecule has 0 bridgehead atoms. The summed E-state index contributed by atoms with van der Waals surface area (Å²) >= 11 is 0. The number of rotatable bonds is 6. The van der Waals surface area contributed by atoms with Crippen molar-refractivity contribution in [1.29, 1.82) is 0 Å². The molecule has 7 heteroatoms. The molecule has 1 heterocycles. The zero-order valence-corrected chi connectivity index (χ0v) is 14.0. The second-order valence-electron chi connectivity index (χ2n) is 5.26. The molecule has 1 aliphatic rings. The number of carbonyl (C=O) groups is 3. The molecular formula is C17H21NO6. The van der Waals surface area contributed by atoms with Gasteiger partial charge in [0.15, 0.2) is 0 Å². The van der Waals surface area contributed by atoms with Gasteiger partial charge in [0.05, 0.1) is 37.5 Å². The highest BCUT2D eigenvalue weighted by Gasteiger charge is 2.37. The first-order valence-electron chi connectivity index (χ1n) is 7.83. The first-order chi connectivity index (χ1) is 11.5. The topological polar surface area (TPSA) is 82.1 Å². The van der Waals surface area contributed by atoms with Crippen LogP contribution < -0.4 is 9.64 Å². The molecule has 0 N–H and O–H groups in total. The molecular weight excluding hydrogens is 314 g/mol. The van der Waals surface area contributed by atoms with Crippen molar-refractivity contribution in [3.63, 3.8) is 0 Å². The fraction of sp³-hybridized carbons (Fsp3) is 0.471. The number of hydrogen-bond acceptors (Lipinski definition) is 6. The zero-order chi connectivity index (χ0) is 17.7. The van der Waals surface area contributed by atoms with Gasteiger partial charge in [-0.05, 0) is 32.0 Å². The van der Waals surface area contributed by atoms with Crippen LogP contribution in [0.3, 0.4) is 0 Å². The number of esters is 2.